The Hall–Kier alpha value is -1.57. The van der Waals surface area contributed by atoms with E-state index in [2.05, 4.69) is 6.58 Å². The Labute approximate surface area is 91.2 Å². The normalized spacial score (nSPS) is 9.80. The fraction of sp³-hybridized carbons (Fsp3) is 0.308. The molecule has 0 heterocycles. The molecule has 0 aromatic heterocycles. The Bertz CT molecular complexity index is 382. The van der Waals surface area contributed by atoms with Gasteiger partial charge in [0, 0.05) is 24.8 Å². The topological polar surface area (TPSA) is 20.3 Å². The Balaban J connectivity index is 3.02. The van der Waals surface area contributed by atoms with Gasteiger partial charge in [-0.2, -0.15) is 0 Å². The molecule has 0 radical (unpaired) electrons. The van der Waals surface area contributed by atoms with Crippen molar-refractivity contribution in [2.45, 2.75) is 13.8 Å². The molecular weight excluding hydrogens is 186 g/mol. The molecule has 0 fully saturated rings. The van der Waals surface area contributed by atoms with Gasteiger partial charge in [0.2, 0.25) is 0 Å². The summed E-state index contributed by atoms with van der Waals surface area (Å²) in [5.74, 6) is 0. The molecule has 0 bridgehead atoms. The molecule has 0 unspecified atom stereocenters. The second-order valence-electron chi connectivity index (χ2n) is 3.99. The Morgan fingerprint density at radius 2 is 2.20 bits per heavy atom. The second kappa shape index (κ2) is 4.78. The first kappa shape index (κ1) is 11.5. The Morgan fingerprint density at radius 3 is 2.73 bits per heavy atom. The lowest BCUT2D eigenvalue weighted by Gasteiger charge is -2.21. The highest BCUT2D eigenvalue weighted by molar-refractivity contribution is 5.85. The highest BCUT2D eigenvalue weighted by atomic mass is 16.1. The number of nitrogens with zero attached hydrogens (tertiary/aromatic N) is 1. The number of likely N-dealkylation sites (N-methyl/N-ethyl adjacent to an activating group) is 1. The van der Waals surface area contributed by atoms with Gasteiger partial charge in [-0.15, -0.1) is 0 Å². The van der Waals surface area contributed by atoms with Gasteiger partial charge in [0.15, 0.2) is 6.29 Å². The summed E-state index contributed by atoms with van der Waals surface area (Å²) in [6.45, 7) is 8.59. The second-order valence-corrected chi connectivity index (χ2v) is 3.99. The van der Waals surface area contributed by atoms with Crippen molar-refractivity contribution >= 4 is 12.0 Å². The van der Waals surface area contributed by atoms with Crippen LogP contribution in [0.15, 0.2) is 30.4 Å². The van der Waals surface area contributed by atoms with Gasteiger partial charge in [-0.1, -0.05) is 23.8 Å². The minimum Gasteiger partial charge on any atom is -0.370 e. The van der Waals surface area contributed by atoms with E-state index in [0.717, 1.165) is 35.2 Å². The first-order chi connectivity index (χ1) is 7.04. The van der Waals surface area contributed by atoms with Crippen LogP contribution in [0.5, 0.6) is 0 Å². The van der Waals surface area contributed by atoms with Crippen molar-refractivity contribution in [1.82, 2.24) is 0 Å². The molecule has 0 spiro atoms. The molecule has 0 aliphatic carbocycles. The highest BCUT2D eigenvalue weighted by Gasteiger charge is 2.06. The van der Waals surface area contributed by atoms with Gasteiger partial charge in [-0.3, -0.25) is 4.79 Å². The summed E-state index contributed by atoms with van der Waals surface area (Å²) in [5, 5.41) is 0. The van der Waals surface area contributed by atoms with Crippen LogP contribution in [0, 0.1) is 6.92 Å². The number of benzene rings is 1. The zero-order valence-electron chi connectivity index (χ0n) is 9.58. The van der Waals surface area contributed by atoms with Crippen molar-refractivity contribution in [3.05, 3.63) is 41.5 Å². The van der Waals surface area contributed by atoms with E-state index in [0.29, 0.717) is 0 Å². The van der Waals surface area contributed by atoms with Gasteiger partial charge >= 0.3 is 0 Å². The SMILES string of the molecule is C=C(C)CN(C)c1ccc(C)cc1C=O. The molecule has 1 rings (SSSR count). The summed E-state index contributed by atoms with van der Waals surface area (Å²) in [5.41, 5.74) is 3.87. The first-order valence-electron chi connectivity index (χ1n) is 4.96. The molecule has 0 saturated carbocycles. The Morgan fingerprint density at radius 1 is 1.53 bits per heavy atom. The zero-order chi connectivity index (χ0) is 11.4. The largest absolute Gasteiger partial charge is 0.370 e. The van der Waals surface area contributed by atoms with E-state index in [1.54, 1.807) is 0 Å². The quantitative estimate of drug-likeness (QED) is 0.554. The number of aryl methyl sites for hydroxylation is 1. The summed E-state index contributed by atoms with van der Waals surface area (Å²) < 4.78 is 0. The van der Waals surface area contributed by atoms with Crippen LogP contribution in [-0.2, 0) is 0 Å². The van der Waals surface area contributed by atoms with Crippen LogP contribution in [0.1, 0.15) is 22.8 Å². The average Bonchev–Trinajstić information content (AvgIpc) is 2.16. The Kier molecular flexibility index (Phi) is 3.67. The van der Waals surface area contributed by atoms with Gasteiger partial charge in [-0.25, -0.2) is 0 Å². The minimum atomic E-state index is 0.735. The first-order valence-corrected chi connectivity index (χ1v) is 4.96. The number of anilines is 1. The molecule has 0 atom stereocenters. The van der Waals surface area contributed by atoms with Crippen LogP contribution in [0.3, 0.4) is 0 Å². The van der Waals surface area contributed by atoms with Gasteiger partial charge < -0.3 is 4.90 Å². The monoisotopic (exact) mass is 203 g/mol. The molecule has 2 heteroatoms. The average molecular weight is 203 g/mol. The van der Waals surface area contributed by atoms with Crippen molar-refractivity contribution in [2.75, 3.05) is 18.5 Å². The van der Waals surface area contributed by atoms with E-state index in [4.69, 9.17) is 0 Å². The van der Waals surface area contributed by atoms with Crippen molar-refractivity contribution < 1.29 is 4.79 Å². The summed E-state index contributed by atoms with van der Waals surface area (Å²) >= 11 is 0. The summed E-state index contributed by atoms with van der Waals surface area (Å²) in [7, 11) is 1.96. The van der Waals surface area contributed by atoms with Crippen molar-refractivity contribution in [1.29, 1.82) is 0 Å². The molecule has 1 aromatic carbocycles. The number of carbonyl (C=O) groups excluding carboxylic acids is 1. The lowest BCUT2D eigenvalue weighted by Crippen LogP contribution is -2.20. The van der Waals surface area contributed by atoms with Crippen LogP contribution < -0.4 is 4.90 Å². The molecule has 80 valence electrons. The molecule has 0 amide bonds. The number of hydrogen-bond donors (Lipinski definition) is 0. The maximum Gasteiger partial charge on any atom is 0.152 e. The molecule has 2 nitrogen and oxygen atoms in total. The third-order valence-corrected chi connectivity index (χ3v) is 2.23. The summed E-state index contributed by atoms with van der Waals surface area (Å²) in [6.07, 6.45) is 0.900. The van der Waals surface area contributed by atoms with E-state index in [-0.39, 0.29) is 0 Å². The van der Waals surface area contributed by atoms with Crippen LogP contribution in [0.2, 0.25) is 0 Å². The van der Waals surface area contributed by atoms with Crippen LogP contribution in [0.25, 0.3) is 0 Å². The van der Waals surface area contributed by atoms with Gasteiger partial charge in [0.25, 0.3) is 0 Å². The molecule has 1 aromatic rings. The van der Waals surface area contributed by atoms with E-state index < -0.39 is 0 Å². The third-order valence-electron chi connectivity index (χ3n) is 2.23. The fourth-order valence-corrected chi connectivity index (χ4v) is 1.61. The summed E-state index contributed by atoms with van der Waals surface area (Å²) in [4.78, 5) is 13.0. The van der Waals surface area contributed by atoms with Crippen LogP contribution in [-0.4, -0.2) is 19.9 Å². The standard InChI is InChI=1S/C13H17NO/c1-10(2)8-14(4)13-6-5-11(3)7-12(13)9-15/h5-7,9H,1,8H2,2-4H3. The zero-order valence-corrected chi connectivity index (χ0v) is 9.58. The molecule has 15 heavy (non-hydrogen) atoms. The van der Waals surface area contributed by atoms with Gasteiger partial charge in [-0.05, 0) is 26.0 Å². The van der Waals surface area contributed by atoms with E-state index in [1.165, 1.54) is 0 Å². The van der Waals surface area contributed by atoms with Crippen molar-refractivity contribution in [3.8, 4) is 0 Å². The van der Waals surface area contributed by atoms with Gasteiger partial charge in [0.1, 0.15) is 0 Å². The fourth-order valence-electron chi connectivity index (χ4n) is 1.61. The molecule has 0 N–H and O–H groups in total. The van der Waals surface area contributed by atoms with E-state index >= 15 is 0 Å². The highest BCUT2D eigenvalue weighted by Crippen LogP contribution is 2.19. The maximum atomic E-state index is 10.9. The number of hydrogen-bond acceptors (Lipinski definition) is 2. The lowest BCUT2D eigenvalue weighted by molar-refractivity contribution is 0.112. The smallest absolute Gasteiger partial charge is 0.152 e. The van der Waals surface area contributed by atoms with Crippen LogP contribution in [0.4, 0.5) is 5.69 Å². The van der Waals surface area contributed by atoms with Crippen molar-refractivity contribution in [2.24, 2.45) is 0 Å². The molecule has 0 saturated heterocycles. The predicted molar refractivity (Wildman–Crippen MR) is 64.7 cm³/mol. The number of rotatable bonds is 4. The number of aldehydes is 1. The molecule has 0 aliphatic rings. The van der Waals surface area contributed by atoms with Crippen molar-refractivity contribution in [3.63, 3.8) is 0 Å². The number of carbonyl (C=O) groups is 1. The predicted octanol–water partition coefficient (Wildman–Crippen LogP) is 2.82. The maximum absolute atomic E-state index is 10.9. The minimum absolute atomic E-state index is 0.735. The van der Waals surface area contributed by atoms with Crippen LogP contribution >= 0.6 is 0 Å². The third kappa shape index (κ3) is 2.94. The molecular formula is C13H17NO. The lowest BCUT2D eigenvalue weighted by atomic mass is 10.1. The van der Waals surface area contributed by atoms with E-state index in [9.17, 15) is 4.79 Å². The summed E-state index contributed by atoms with van der Waals surface area (Å²) in [6, 6.07) is 5.89. The van der Waals surface area contributed by atoms with Gasteiger partial charge in [0.05, 0.1) is 0 Å². The molecule has 0 aliphatic heterocycles. The van der Waals surface area contributed by atoms with E-state index in [1.807, 2.05) is 44.0 Å².